The van der Waals surface area contributed by atoms with Crippen molar-refractivity contribution in [3.63, 3.8) is 0 Å². The third-order valence-corrected chi connectivity index (χ3v) is 6.57. The van der Waals surface area contributed by atoms with Crippen molar-refractivity contribution in [3.8, 4) is 5.75 Å². The Bertz CT molecular complexity index is 1690. The van der Waals surface area contributed by atoms with E-state index in [1.54, 1.807) is 4.40 Å². The molecule has 6 rings (SSSR count). The average molecular weight is 435 g/mol. The Hall–Kier alpha value is -3.96. The quantitative estimate of drug-likeness (QED) is 0.384. The van der Waals surface area contributed by atoms with Crippen molar-refractivity contribution in [2.75, 3.05) is 0 Å². The molecule has 0 aliphatic carbocycles. The second-order valence-electron chi connectivity index (χ2n) is 7.63. The third kappa shape index (κ3) is 3.24. The lowest BCUT2D eigenvalue weighted by atomic mass is 10.1. The highest BCUT2D eigenvalue weighted by Crippen LogP contribution is 2.21. The Kier molecular flexibility index (Phi) is 4.47. The van der Waals surface area contributed by atoms with E-state index in [4.69, 9.17) is 4.74 Å². The molecule has 0 aliphatic heterocycles. The highest BCUT2D eigenvalue weighted by molar-refractivity contribution is 7.15. The van der Waals surface area contributed by atoms with Crippen LogP contribution < -0.4 is 14.8 Å². The number of fused-ring (bicyclic) bond motifs is 4. The molecule has 4 aromatic carbocycles. The molecule has 4 nitrogen and oxygen atoms in total. The van der Waals surface area contributed by atoms with Gasteiger partial charge in [-0.3, -0.25) is 4.79 Å². The summed E-state index contributed by atoms with van der Waals surface area (Å²) in [4.78, 5) is 18.2. The van der Waals surface area contributed by atoms with E-state index in [0.717, 1.165) is 32.9 Å². The molecule has 6 aromatic rings. The number of thiazole rings is 1. The largest absolute Gasteiger partial charge is 0.489 e. The summed E-state index contributed by atoms with van der Waals surface area (Å²) in [5.41, 5.74) is 3.77. The van der Waals surface area contributed by atoms with E-state index in [1.807, 2.05) is 66.7 Å². The predicted octanol–water partition coefficient (Wildman–Crippen LogP) is 5.19. The van der Waals surface area contributed by atoms with Crippen molar-refractivity contribution in [1.29, 1.82) is 0 Å². The van der Waals surface area contributed by atoms with E-state index >= 15 is 0 Å². The van der Waals surface area contributed by atoms with Gasteiger partial charge >= 0.3 is 0 Å². The van der Waals surface area contributed by atoms with Crippen LogP contribution >= 0.6 is 11.3 Å². The molecule has 0 radical (unpaired) electrons. The Labute approximate surface area is 187 Å². The van der Waals surface area contributed by atoms with Crippen LogP contribution in [0.25, 0.3) is 32.8 Å². The molecule has 5 heteroatoms. The zero-order chi connectivity index (χ0) is 21.5. The van der Waals surface area contributed by atoms with Crippen molar-refractivity contribution >= 4 is 44.2 Å². The fourth-order valence-electron chi connectivity index (χ4n) is 4.00. The zero-order valence-corrected chi connectivity index (χ0v) is 17.9. The van der Waals surface area contributed by atoms with Gasteiger partial charge in [0.1, 0.15) is 12.4 Å². The third-order valence-electron chi connectivity index (χ3n) is 5.60. The summed E-state index contributed by atoms with van der Waals surface area (Å²) in [7, 11) is 0. The summed E-state index contributed by atoms with van der Waals surface area (Å²) < 4.78 is 8.38. The second-order valence-corrected chi connectivity index (χ2v) is 8.64. The van der Waals surface area contributed by atoms with Crippen molar-refractivity contribution in [3.05, 3.63) is 117 Å². The molecule has 0 amide bonds. The Morgan fingerprint density at radius 3 is 2.56 bits per heavy atom. The molecule has 154 valence electrons. The molecular formula is C27H18N2O2S. The van der Waals surface area contributed by atoms with E-state index in [0.29, 0.717) is 11.1 Å². The number of ether oxygens (including phenoxy) is 1. The van der Waals surface area contributed by atoms with Crippen molar-refractivity contribution in [1.82, 2.24) is 9.38 Å². The van der Waals surface area contributed by atoms with E-state index in [9.17, 15) is 4.79 Å². The molecule has 32 heavy (non-hydrogen) atoms. The molecule has 0 aliphatic rings. The number of hydrogen-bond acceptors (Lipinski definition) is 4. The summed E-state index contributed by atoms with van der Waals surface area (Å²) >= 11 is 1.41. The minimum Gasteiger partial charge on any atom is -0.489 e. The van der Waals surface area contributed by atoms with E-state index < -0.39 is 0 Å². The van der Waals surface area contributed by atoms with Gasteiger partial charge in [-0.1, -0.05) is 78.1 Å². The van der Waals surface area contributed by atoms with Crippen LogP contribution in [0.1, 0.15) is 11.1 Å². The number of para-hydroxylation sites is 2. The lowest BCUT2D eigenvalue weighted by Gasteiger charge is -2.09. The molecule has 2 aromatic heterocycles. The standard InChI is InChI=1S/C27H18N2O2S/c30-26-25(32-27-28-23-10-3-4-11-24(23)29(26)27)16-18-12-14-21(15-13-18)31-17-20-8-5-7-19-6-1-2-9-22(19)20/h1-16H,17H2/b25-16+. The maximum absolute atomic E-state index is 12.9. The van der Waals surface area contributed by atoms with Gasteiger partial charge in [0, 0.05) is 0 Å². The van der Waals surface area contributed by atoms with Crippen molar-refractivity contribution < 1.29 is 4.74 Å². The van der Waals surface area contributed by atoms with Crippen LogP contribution in [0.2, 0.25) is 0 Å². The van der Waals surface area contributed by atoms with Gasteiger partial charge in [0.2, 0.25) is 0 Å². The van der Waals surface area contributed by atoms with Gasteiger partial charge < -0.3 is 4.74 Å². The number of benzene rings is 4. The summed E-state index contributed by atoms with van der Waals surface area (Å²) in [6.07, 6.45) is 1.91. The Morgan fingerprint density at radius 1 is 0.875 bits per heavy atom. The Morgan fingerprint density at radius 2 is 1.66 bits per heavy atom. The predicted molar refractivity (Wildman–Crippen MR) is 130 cm³/mol. The smallest absolute Gasteiger partial charge is 0.274 e. The van der Waals surface area contributed by atoms with Crippen LogP contribution in [0.15, 0.2) is 95.8 Å². The summed E-state index contributed by atoms with van der Waals surface area (Å²) in [6, 6.07) is 30.1. The summed E-state index contributed by atoms with van der Waals surface area (Å²) in [5, 5.41) is 2.42. The maximum Gasteiger partial charge on any atom is 0.274 e. The second kappa shape index (κ2) is 7.62. The van der Waals surface area contributed by atoms with Gasteiger partial charge in [-0.25, -0.2) is 9.38 Å². The minimum atomic E-state index is -0.0324. The van der Waals surface area contributed by atoms with Gasteiger partial charge in [0.05, 0.1) is 15.6 Å². The number of aromatic nitrogens is 2. The number of nitrogens with zero attached hydrogens (tertiary/aromatic N) is 2. The van der Waals surface area contributed by atoms with Crippen LogP contribution in [0.5, 0.6) is 5.75 Å². The first-order chi connectivity index (χ1) is 15.8. The van der Waals surface area contributed by atoms with Crippen LogP contribution in [-0.2, 0) is 6.61 Å². The van der Waals surface area contributed by atoms with Crippen molar-refractivity contribution in [2.24, 2.45) is 0 Å². The fraction of sp³-hybridized carbons (Fsp3) is 0.0370. The van der Waals surface area contributed by atoms with Gasteiger partial charge in [-0.2, -0.15) is 0 Å². The normalized spacial score (nSPS) is 12.2. The maximum atomic E-state index is 12.9. The van der Waals surface area contributed by atoms with Crippen LogP contribution in [0.4, 0.5) is 0 Å². The number of imidazole rings is 1. The number of hydrogen-bond donors (Lipinski definition) is 0. The van der Waals surface area contributed by atoms with E-state index in [1.165, 1.54) is 22.1 Å². The summed E-state index contributed by atoms with van der Waals surface area (Å²) in [5.74, 6) is 0.796. The monoisotopic (exact) mass is 434 g/mol. The SMILES string of the molecule is O=c1/c(=C\c2ccc(OCc3cccc4ccccc34)cc2)sc2nc3ccccc3n12. The number of rotatable bonds is 4. The molecule has 0 atom stereocenters. The highest BCUT2D eigenvalue weighted by atomic mass is 32.1. The molecule has 0 N–H and O–H groups in total. The highest BCUT2D eigenvalue weighted by Gasteiger charge is 2.10. The molecule has 0 fully saturated rings. The van der Waals surface area contributed by atoms with Gasteiger partial charge in [0.15, 0.2) is 4.96 Å². The first-order valence-electron chi connectivity index (χ1n) is 10.4. The van der Waals surface area contributed by atoms with Crippen LogP contribution in [0.3, 0.4) is 0 Å². The molecule has 0 bridgehead atoms. The van der Waals surface area contributed by atoms with Crippen LogP contribution in [0, 0.1) is 0 Å². The zero-order valence-electron chi connectivity index (χ0n) is 17.1. The first-order valence-corrected chi connectivity index (χ1v) is 11.2. The molecular weight excluding hydrogens is 416 g/mol. The van der Waals surface area contributed by atoms with Gasteiger partial charge in [-0.05, 0) is 52.2 Å². The van der Waals surface area contributed by atoms with Gasteiger partial charge in [0.25, 0.3) is 5.56 Å². The minimum absolute atomic E-state index is 0.0324. The van der Waals surface area contributed by atoms with E-state index in [2.05, 4.69) is 35.3 Å². The molecule has 0 saturated heterocycles. The Balaban J connectivity index is 1.26. The average Bonchev–Trinajstić information content (AvgIpc) is 3.34. The summed E-state index contributed by atoms with van der Waals surface area (Å²) in [6.45, 7) is 0.504. The van der Waals surface area contributed by atoms with Crippen LogP contribution in [-0.4, -0.2) is 9.38 Å². The molecule has 2 heterocycles. The van der Waals surface area contributed by atoms with Crippen molar-refractivity contribution in [2.45, 2.75) is 6.61 Å². The fourth-order valence-corrected chi connectivity index (χ4v) is 4.99. The first kappa shape index (κ1) is 18.8. The lowest BCUT2D eigenvalue weighted by molar-refractivity contribution is 0.307. The van der Waals surface area contributed by atoms with E-state index in [-0.39, 0.29) is 5.56 Å². The lowest BCUT2D eigenvalue weighted by Crippen LogP contribution is -2.22. The van der Waals surface area contributed by atoms with Gasteiger partial charge in [-0.15, -0.1) is 0 Å². The topological polar surface area (TPSA) is 43.6 Å². The molecule has 0 saturated carbocycles. The molecule has 0 spiro atoms. The molecule has 0 unspecified atom stereocenters.